The van der Waals surface area contributed by atoms with Gasteiger partial charge >= 0.3 is 5.97 Å². The number of benzene rings is 1. The van der Waals surface area contributed by atoms with Gasteiger partial charge in [0.15, 0.2) is 0 Å². The van der Waals surface area contributed by atoms with Crippen LogP contribution in [-0.4, -0.2) is 17.8 Å². The molecule has 1 saturated heterocycles. The number of hydrogen-bond acceptors (Lipinski definition) is 4. The van der Waals surface area contributed by atoms with Crippen LogP contribution in [0.5, 0.6) is 0 Å². The van der Waals surface area contributed by atoms with Crippen LogP contribution in [0, 0.1) is 5.92 Å². The van der Waals surface area contributed by atoms with Gasteiger partial charge < -0.3 is 4.74 Å². The van der Waals surface area contributed by atoms with Crippen molar-refractivity contribution in [2.45, 2.75) is 13.0 Å². The largest absolute Gasteiger partial charge is 0.460 e. The molecule has 2 rings (SSSR count). The van der Waals surface area contributed by atoms with E-state index in [2.05, 4.69) is 5.32 Å². The lowest BCUT2D eigenvalue weighted by Gasteiger charge is -2.08. The molecule has 0 spiro atoms. The molecule has 1 N–H and O–H groups in total. The van der Waals surface area contributed by atoms with Crippen molar-refractivity contribution in [2.24, 2.45) is 5.92 Å². The van der Waals surface area contributed by atoms with E-state index in [9.17, 15) is 14.4 Å². The Kier molecular flexibility index (Phi) is 3.62. The number of hydrogen-bond donors (Lipinski definition) is 1. The third kappa shape index (κ3) is 2.68. The van der Waals surface area contributed by atoms with Gasteiger partial charge in [-0.15, -0.1) is 0 Å². The quantitative estimate of drug-likeness (QED) is 0.505. The average Bonchev–Trinajstić information content (AvgIpc) is 2.67. The molecule has 1 aromatic rings. The van der Waals surface area contributed by atoms with Crippen molar-refractivity contribution < 1.29 is 19.1 Å². The Bertz CT molecular complexity index is 515. The number of ether oxygens (including phenoxy) is 1. The monoisotopic (exact) mass is 267 g/mol. The highest BCUT2D eigenvalue weighted by molar-refractivity contribution is 6.31. The second-order valence-corrected chi connectivity index (χ2v) is 4.28. The number of imide groups is 1. The Morgan fingerprint density at radius 3 is 2.72 bits per heavy atom. The van der Waals surface area contributed by atoms with E-state index in [1.807, 2.05) is 0 Å². The smallest absolute Gasteiger partial charge is 0.319 e. The Hall–Kier alpha value is -1.88. The molecule has 1 aliphatic heterocycles. The molecule has 1 aromatic carbocycles. The van der Waals surface area contributed by atoms with Gasteiger partial charge in [-0.3, -0.25) is 19.7 Å². The number of esters is 1. The van der Waals surface area contributed by atoms with Gasteiger partial charge in [-0.2, -0.15) is 0 Å². The molecule has 18 heavy (non-hydrogen) atoms. The molecule has 6 heteroatoms. The third-order valence-corrected chi connectivity index (χ3v) is 2.95. The number of halogens is 1. The van der Waals surface area contributed by atoms with Crippen LogP contribution in [-0.2, 0) is 25.7 Å². The summed E-state index contributed by atoms with van der Waals surface area (Å²) in [4.78, 5) is 33.8. The summed E-state index contributed by atoms with van der Waals surface area (Å²) in [5.74, 6) is -2.82. The first-order valence-electron chi connectivity index (χ1n) is 5.31. The predicted octanol–water partition coefficient (Wildman–Crippen LogP) is 1.05. The van der Waals surface area contributed by atoms with Gasteiger partial charge in [0.1, 0.15) is 12.5 Å². The van der Waals surface area contributed by atoms with Crippen LogP contribution in [0.1, 0.15) is 12.0 Å². The fourth-order valence-corrected chi connectivity index (χ4v) is 1.80. The number of amides is 2. The molecule has 1 aliphatic rings. The van der Waals surface area contributed by atoms with Crippen molar-refractivity contribution in [1.82, 2.24) is 5.32 Å². The molecule has 94 valence electrons. The van der Waals surface area contributed by atoms with E-state index in [-0.39, 0.29) is 13.0 Å². The van der Waals surface area contributed by atoms with Crippen LogP contribution in [0.3, 0.4) is 0 Å². The lowest BCUT2D eigenvalue weighted by Crippen LogP contribution is -2.27. The van der Waals surface area contributed by atoms with Crippen molar-refractivity contribution in [3.8, 4) is 0 Å². The highest BCUT2D eigenvalue weighted by Crippen LogP contribution is 2.18. The lowest BCUT2D eigenvalue weighted by molar-refractivity contribution is -0.152. The molecule has 0 aliphatic carbocycles. The van der Waals surface area contributed by atoms with Crippen LogP contribution in [0.4, 0.5) is 0 Å². The number of rotatable bonds is 3. The van der Waals surface area contributed by atoms with Crippen LogP contribution >= 0.6 is 11.6 Å². The molecular weight excluding hydrogens is 258 g/mol. The SMILES string of the molecule is O=C1CC(C(=O)OCc2ccccc2Cl)C(=O)N1. The zero-order valence-corrected chi connectivity index (χ0v) is 10.1. The zero-order chi connectivity index (χ0) is 13.1. The van der Waals surface area contributed by atoms with Gasteiger partial charge in [0.2, 0.25) is 11.8 Å². The highest BCUT2D eigenvalue weighted by atomic mass is 35.5. The van der Waals surface area contributed by atoms with Crippen molar-refractivity contribution in [1.29, 1.82) is 0 Å². The van der Waals surface area contributed by atoms with E-state index in [0.29, 0.717) is 10.6 Å². The standard InChI is InChI=1S/C12H10ClNO4/c13-9-4-2-1-3-7(9)6-18-12(17)8-5-10(15)14-11(8)16/h1-4,8H,5-6H2,(H,14,15,16). The normalized spacial score (nSPS) is 18.6. The molecule has 0 bridgehead atoms. The summed E-state index contributed by atoms with van der Waals surface area (Å²) in [5.41, 5.74) is 0.650. The summed E-state index contributed by atoms with van der Waals surface area (Å²) in [6.07, 6.45) is -0.153. The molecule has 1 atom stereocenters. The fraction of sp³-hybridized carbons (Fsp3) is 0.250. The van der Waals surface area contributed by atoms with Gasteiger partial charge in [-0.05, 0) is 6.07 Å². The molecule has 1 unspecified atom stereocenters. The summed E-state index contributed by atoms with van der Waals surface area (Å²) >= 11 is 5.89. The van der Waals surface area contributed by atoms with Gasteiger partial charge in [-0.25, -0.2) is 0 Å². The maximum atomic E-state index is 11.6. The van der Waals surface area contributed by atoms with Crippen molar-refractivity contribution in [3.05, 3.63) is 34.9 Å². The number of carbonyl (C=O) groups excluding carboxylic acids is 3. The first-order valence-corrected chi connectivity index (χ1v) is 5.69. The third-order valence-electron chi connectivity index (χ3n) is 2.58. The maximum Gasteiger partial charge on any atom is 0.319 e. The highest BCUT2D eigenvalue weighted by Gasteiger charge is 2.37. The minimum atomic E-state index is -1.04. The molecule has 2 amide bonds. The number of carbonyl (C=O) groups is 3. The predicted molar refractivity (Wildman–Crippen MR) is 62.5 cm³/mol. The van der Waals surface area contributed by atoms with Crippen LogP contribution < -0.4 is 5.32 Å². The van der Waals surface area contributed by atoms with Gasteiger partial charge in [0.05, 0.1) is 0 Å². The van der Waals surface area contributed by atoms with E-state index < -0.39 is 23.7 Å². The van der Waals surface area contributed by atoms with Crippen molar-refractivity contribution in [3.63, 3.8) is 0 Å². The molecule has 1 heterocycles. The topological polar surface area (TPSA) is 72.5 Å². The first kappa shape index (κ1) is 12.6. The summed E-state index contributed by atoms with van der Waals surface area (Å²) in [5, 5.41) is 2.54. The fourth-order valence-electron chi connectivity index (χ4n) is 1.61. The van der Waals surface area contributed by atoms with E-state index in [1.54, 1.807) is 24.3 Å². The van der Waals surface area contributed by atoms with E-state index in [1.165, 1.54) is 0 Å². The first-order chi connectivity index (χ1) is 8.58. The Labute approximate surface area is 108 Å². The maximum absolute atomic E-state index is 11.6. The van der Waals surface area contributed by atoms with Crippen LogP contribution in [0.25, 0.3) is 0 Å². The summed E-state index contributed by atoms with van der Waals surface area (Å²) in [6, 6.07) is 6.92. The lowest BCUT2D eigenvalue weighted by atomic mass is 10.1. The minimum Gasteiger partial charge on any atom is -0.460 e. The van der Waals surface area contributed by atoms with Crippen LogP contribution in [0.2, 0.25) is 5.02 Å². The minimum absolute atomic E-state index is 0.0174. The summed E-state index contributed by atoms with van der Waals surface area (Å²) < 4.78 is 4.98. The number of nitrogens with one attached hydrogen (secondary N) is 1. The molecule has 0 saturated carbocycles. The van der Waals surface area contributed by atoms with Crippen molar-refractivity contribution >= 4 is 29.4 Å². The van der Waals surface area contributed by atoms with Gasteiger partial charge in [-0.1, -0.05) is 29.8 Å². The van der Waals surface area contributed by atoms with E-state index >= 15 is 0 Å². The molecule has 1 fully saturated rings. The molecular formula is C12H10ClNO4. The van der Waals surface area contributed by atoms with Gasteiger partial charge in [0.25, 0.3) is 0 Å². The molecule has 0 aromatic heterocycles. The second kappa shape index (κ2) is 5.18. The summed E-state index contributed by atoms with van der Waals surface area (Å²) in [6.45, 7) is -0.0174. The second-order valence-electron chi connectivity index (χ2n) is 3.87. The Morgan fingerprint density at radius 1 is 1.39 bits per heavy atom. The Morgan fingerprint density at radius 2 is 2.11 bits per heavy atom. The van der Waals surface area contributed by atoms with Gasteiger partial charge in [0, 0.05) is 17.0 Å². The molecule has 0 radical (unpaired) electrons. The van der Waals surface area contributed by atoms with E-state index in [0.717, 1.165) is 0 Å². The zero-order valence-electron chi connectivity index (χ0n) is 9.31. The summed E-state index contributed by atoms with van der Waals surface area (Å²) in [7, 11) is 0. The molecule has 5 nitrogen and oxygen atoms in total. The van der Waals surface area contributed by atoms with Crippen molar-refractivity contribution in [2.75, 3.05) is 0 Å². The Balaban J connectivity index is 1.95. The van der Waals surface area contributed by atoms with Crippen LogP contribution in [0.15, 0.2) is 24.3 Å². The average molecular weight is 268 g/mol. The van der Waals surface area contributed by atoms with E-state index in [4.69, 9.17) is 16.3 Å².